The number of ether oxygens (including phenoxy) is 1. The number of carbonyl (C=O) groups is 2. The van der Waals surface area contributed by atoms with Gasteiger partial charge in [0.05, 0.1) is 12.7 Å². The van der Waals surface area contributed by atoms with E-state index in [1.54, 1.807) is 13.0 Å². The van der Waals surface area contributed by atoms with Gasteiger partial charge >= 0.3 is 5.97 Å². The lowest BCUT2D eigenvalue weighted by molar-refractivity contribution is 0.0597. The minimum absolute atomic E-state index is 0.000185. The molecule has 0 heterocycles. The van der Waals surface area contributed by atoms with Gasteiger partial charge in [-0.3, -0.25) is 4.79 Å². The van der Waals surface area contributed by atoms with Gasteiger partial charge in [-0.2, -0.15) is 0 Å². The highest BCUT2D eigenvalue weighted by atomic mass is 16.5. The molecule has 0 unspecified atom stereocenters. The molecule has 0 bridgehead atoms. The molecule has 14 heavy (non-hydrogen) atoms. The Morgan fingerprint density at radius 3 is 2.64 bits per heavy atom. The number of rotatable bonds is 2. The lowest BCUT2D eigenvalue weighted by atomic mass is 10.0. The molecule has 1 aromatic rings. The Hall–Kier alpha value is -1.84. The molecule has 4 heteroatoms. The number of hydrogen-bond acceptors (Lipinski definition) is 4. The normalized spacial score (nSPS) is 9.57. The van der Waals surface area contributed by atoms with Crippen molar-refractivity contribution in [3.63, 3.8) is 0 Å². The molecule has 0 aromatic heterocycles. The topological polar surface area (TPSA) is 63.6 Å². The molecular formula is C10H10O4. The van der Waals surface area contributed by atoms with Crippen LogP contribution in [0.3, 0.4) is 0 Å². The number of phenolic OH excluding ortho intramolecular Hbond substituents is 1. The lowest BCUT2D eigenvalue weighted by Crippen LogP contribution is -2.03. The van der Waals surface area contributed by atoms with Gasteiger partial charge in [0, 0.05) is 0 Å². The second kappa shape index (κ2) is 3.91. The van der Waals surface area contributed by atoms with Crippen molar-refractivity contribution in [2.24, 2.45) is 0 Å². The van der Waals surface area contributed by atoms with Gasteiger partial charge in [-0.1, -0.05) is 6.07 Å². The molecule has 0 aliphatic rings. The molecule has 1 rings (SSSR count). The monoisotopic (exact) mass is 194 g/mol. The Bertz CT molecular complexity index is 382. The van der Waals surface area contributed by atoms with E-state index >= 15 is 0 Å². The second-order valence-electron chi connectivity index (χ2n) is 2.80. The van der Waals surface area contributed by atoms with Crippen LogP contribution in [0.1, 0.15) is 26.3 Å². The molecule has 74 valence electrons. The largest absolute Gasteiger partial charge is 0.506 e. The van der Waals surface area contributed by atoms with E-state index in [1.165, 1.54) is 13.2 Å². The zero-order chi connectivity index (χ0) is 10.7. The highest BCUT2D eigenvalue weighted by Crippen LogP contribution is 2.24. The quantitative estimate of drug-likeness (QED) is 0.569. The summed E-state index contributed by atoms with van der Waals surface area (Å²) in [5, 5.41) is 9.54. The standard InChI is InChI=1S/C10H10O4/c1-6-3-4-7(10(13)14-2)9(12)8(6)5-11/h3-5,12H,1-2H3. The van der Waals surface area contributed by atoms with Crippen molar-refractivity contribution in [3.05, 3.63) is 28.8 Å². The van der Waals surface area contributed by atoms with E-state index in [-0.39, 0.29) is 16.9 Å². The smallest absolute Gasteiger partial charge is 0.341 e. The predicted molar refractivity (Wildman–Crippen MR) is 49.6 cm³/mol. The Kier molecular flexibility index (Phi) is 2.86. The molecule has 1 N–H and O–H groups in total. The van der Waals surface area contributed by atoms with Crippen LogP contribution in [-0.2, 0) is 4.74 Å². The fraction of sp³-hybridized carbons (Fsp3) is 0.200. The van der Waals surface area contributed by atoms with E-state index in [9.17, 15) is 14.7 Å². The molecule has 0 atom stereocenters. The van der Waals surface area contributed by atoms with Crippen LogP contribution in [0.5, 0.6) is 5.75 Å². The average Bonchev–Trinajstić information content (AvgIpc) is 2.18. The number of benzene rings is 1. The van der Waals surface area contributed by atoms with Crippen LogP contribution in [0.4, 0.5) is 0 Å². The minimum Gasteiger partial charge on any atom is -0.506 e. The van der Waals surface area contributed by atoms with Crippen molar-refractivity contribution in [2.75, 3.05) is 7.11 Å². The first-order valence-electron chi connectivity index (χ1n) is 3.98. The van der Waals surface area contributed by atoms with Crippen molar-refractivity contribution in [1.29, 1.82) is 0 Å². The summed E-state index contributed by atoms with van der Waals surface area (Å²) < 4.78 is 4.44. The number of aryl methyl sites for hydroxylation is 1. The average molecular weight is 194 g/mol. The van der Waals surface area contributed by atoms with Crippen LogP contribution in [0.15, 0.2) is 12.1 Å². The molecule has 0 spiro atoms. The summed E-state index contributed by atoms with van der Waals surface area (Å²) in [5.41, 5.74) is 0.734. The van der Waals surface area contributed by atoms with Crippen molar-refractivity contribution < 1.29 is 19.4 Å². The van der Waals surface area contributed by atoms with Crippen LogP contribution in [0, 0.1) is 6.92 Å². The highest BCUT2D eigenvalue weighted by molar-refractivity contribution is 5.96. The van der Waals surface area contributed by atoms with Crippen molar-refractivity contribution in [1.82, 2.24) is 0 Å². The molecule has 0 fully saturated rings. The van der Waals surface area contributed by atoms with Crippen molar-refractivity contribution in [2.45, 2.75) is 6.92 Å². The number of phenols is 1. The second-order valence-corrected chi connectivity index (χ2v) is 2.80. The van der Waals surface area contributed by atoms with E-state index in [4.69, 9.17) is 0 Å². The number of methoxy groups -OCH3 is 1. The fourth-order valence-corrected chi connectivity index (χ4v) is 1.13. The molecule has 0 saturated heterocycles. The maximum absolute atomic E-state index is 11.1. The molecule has 0 aliphatic heterocycles. The summed E-state index contributed by atoms with van der Waals surface area (Å²) >= 11 is 0. The SMILES string of the molecule is COC(=O)c1ccc(C)c(C=O)c1O. The Morgan fingerprint density at radius 2 is 2.14 bits per heavy atom. The maximum atomic E-state index is 11.1. The third-order valence-corrected chi connectivity index (χ3v) is 1.96. The molecule has 0 aliphatic carbocycles. The molecule has 0 radical (unpaired) electrons. The summed E-state index contributed by atoms with van der Waals surface area (Å²) in [6, 6.07) is 3.00. The number of aldehydes is 1. The maximum Gasteiger partial charge on any atom is 0.341 e. The number of hydrogen-bond donors (Lipinski definition) is 1. The van der Waals surface area contributed by atoms with Crippen LogP contribution in [0.2, 0.25) is 0 Å². The summed E-state index contributed by atoms with van der Waals surface area (Å²) in [7, 11) is 1.21. The third-order valence-electron chi connectivity index (χ3n) is 1.96. The Morgan fingerprint density at radius 1 is 1.50 bits per heavy atom. The van der Waals surface area contributed by atoms with Gasteiger partial charge in [-0.25, -0.2) is 4.79 Å². The van der Waals surface area contributed by atoms with Crippen LogP contribution < -0.4 is 0 Å². The first-order valence-corrected chi connectivity index (χ1v) is 3.98. The third kappa shape index (κ3) is 1.59. The van der Waals surface area contributed by atoms with E-state index < -0.39 is 5.97 Å². The van der Waals surface area contributed by atoms with Crippen molar-refractivity contribution in [3.8, 4) is 5.75 Å². The van der Waals surface area contributed by atoms with E-state index in [2.05, 4.69) is 4.74 Å². The van der Waals surface area contributed by atoms with Crippen LogP contribution >= 0.6 is 0 Å². The van der Waals surface area contributed by atoms with Crippen LogP contribution in [-0.4, -0.2) is 24.5 Å². The first-order chi connectivity index (χ1) is 6.61. The molecule has 0 saturated carbocycles. The van der Waals surface area contributed by atoms with Gasteiger partial charge in [0.2, 0.25) is 0 Å². The van der Waals surface area contributed by atoms with Gasteiger partial charge in [0.1, 0.15) is 11.3 Å². The Labute approximate surface area is 81.1 Å². The first kappa shape index (κ1) is 10.2. The predicted octanol–water partition coefficient (Wildman–Crippen LogP) is 1.30. The van der Waals surface area contributed by atoms with E-state index in [1.807, 2.05) is 0 Å². The molecule has 1 aromatic carbocycles. The van der Waals surface area contributed by atoms with E-state index in [0.29, 0.717) is 11.8 Å². The molecular weight excluding hydrogens is 184 g/mol. The lowest BCUT2D eigenvalue weighted by Gasteiger charge is -2.06. The highest BCUT2D eigenvalue weighted by Gasteiger charge is 2.15. The number of aromatic hydroxyl groups is 1. The summed E-state index contributed by atoms with van der Waals surface area (Å²) in [6.45, 7) is 1.67. The van der Waals surface area contributed by atoms with Gasteiger partial charge in [0.15, 0.2) is 6.29 Å². The summed E-state index contributed by atoms with van der Waals surface area (Å²) in [6.07, 6.45) is 0.511. The van der Waals surface area contributed by atoms with Gasteiger partial charge in [-0.15, -0.1) is 0 Å². The number of carbonyl (C=O) groups excluding carboxylic acids is 2. The van der Waals surface area contributed by atoms with Gasteiger partial charge in [0.25, 0.3) is 0 Å². The van der Waals surface area contributed by atoms with E-state index in [0.717, 1.165) is 0 Å². The summed E-state index contributed by atoms with van der Waals surface area (Å²) in [5.74, 6) is -0.988. The summed E-state index contributed by atoms with van der Waals surface area (Å²) in [4.78, 5) is 21.7. The van der Waals surface area contributed by atoms with Crippen LogP contribution in [0.25, 0.3) is 0 Å². The Balaban J connectivity index is 3.35. The minimum atomic E-state index is -0.661. The fourth-order valence-electron chi connectivity index (χ4n) is 1.13. The van der Waals surface area contributed by atoms with Gasteiger partial charge in [-0.05, 0) is 18.6 Å². The van der Waals surface area contributed by atoms with Gasteiger partial charge < -0.3 is 9.84 Å². The zero-order valence-corrected chi connectivity index (χ0v) is 7.90. The molecule has 0 amide bonds. The number of esters is 1. The molecule has 4 nitrogen and oxygen atoms in total. The zero-order valence-electron chi connectivity index (χ0n) is 7.90. The van der Waals surface area contributed by atoms with Crippen molar-refractivity contribution >= 4 is 12.3 Å².